The molecular formula is C28H41FN4O5. The molecule has 38 heavy (non-hydrogen) atoms. The Morgan fingerprint density at radius 3 is 2.53 bits per heavy atom. The maximum Gasteiger partial charge on any atom is 0.414 e. The summed E-state index contributed by atoms with van der Waals surface area (Å²) in [4.78, 5) is 32.1. The molecule has 4 fully saturated rings. The van der Waals surface area contributed by atoms with Crippen molar-refractivity contribution in [1.82, 2.24) is 15.1 Å². The van der Waals surface area contributed by atoms with Crippen LogP contribution in [0.5, 0.6) is 0 Å². The van der Waals surface area contributed by atoms with E-state index in [0.29, 0.717) is 25.7 Å². The summed E-state index contributed by atoms with van der Waals surface area (Å²) < 4.78 is 30.6. The van der Waals surface area contributed by atoms with Crippen molar-refractivity contribution in [3.8, 4) is 0 Å². The maximum absolute atomic E-state index is 14.4. The number of fused-ring (bicyclic) bond motifs is 4. The Kier molecular flexibility index (Phi) is 7.22. The van der Waals surface area contributed by atoms with E-state index in [9.17, 15) is 14.0 Å². The van der Waals surface area contributed by atoms with Gasteiger partial charge in [-0.25, -0.2) is 14.0 Å². The lowest BCUT2D eigenvalue weighted by Gasteiger charge is -2.47. The molecule has 1 aromatic rings. The number of piperidine rings is 2. The summed E-state index contributed by atoms with van der Waals surface area (Å²) in [7, 11) is 1.60. The molecule has 1 aromatic carbocycles. The Hall–Kier alpha value is -2.43. The van der Waals surface area contributed by atoms with Gasteiger partial charge in [0.05, 0.1) is 12.3 Å². The highest BCUT2D eigenvalue weighted by atomic mass is 19.1. The van der Waals surface area contributed by atoms with E-state index >= 15 is 0 Å². The molecule has 5 heterocycles. The molecule has 1 spiro atoms. The summed E-state index contributed by atoms with van der Waals surface area (Å²) in [6.07, 6.45) is 5.88. The van der Waals surface area contributed by atoms with Crippen molar-refractivity contribution in [2.45, 2.75) is 74.6 Å². The zero-order chi connectivity index (χ0) is 26.3. The van der Waals surface area contributed by atoms with E-state index in [-0.39, 0.29) is 49.6 Å². The molecule has 2 unspecified atom stereocenters. The molecule has 5 aliphatic heterocycles. The van der Waals surface area contributed by atoms with Crippen LogP contribution < -0.4 is 10.2 Å². The number of halogens is 1. The standard InChI is InChI=1S/C28H39FN4O5.H2/c1-36-12-13-37-27(35)33-20-3-4-21(33)16-22(15-20)31-10-7-28(8-11-31)18-32(25-5-2-19(29)14-24(25)28)26(34)38-23-6-9-30-17-23;/h2,5,14,20-23,30H,3-4,6-13,15-18H2,1H3;1H/t20?,21?,22?,23-;/m1./s1. The van der Waals surface area contributed by atoms with Gasteiger partial charge in [0.1, 0.15) is 18.5 Å². The number of ether oxygens (including phenoxy) is 3. The summed E-state index contributed by atoms with van der Waals surface area (Å²) >= 11 is 0. The Morgan fingerprint density at radius 1 is 1.08 bits per heavy atom. The molecule has 0 saturated carbocycles. The molecule has 3 atom stereocenters. The highest BCUT2D eigenvalue weighted by molar-refractivity contribution is 5.91. The zero-order valence-electron chi connectivity index (χ0n) is 22.2. The first-order chi connectivity index (χ1) is 18.5. The Bertz CT molecular complexity index is 1030. The molecule has 210 valence electrons. The summed E-state index contributed by atoms with van der Waals surface area (Å²) in [5.41, 5.74) is 1.47. The van der Waals surface area contributed by atoms with Gasteiger partial charge in [-0.05, 0) is 88.3 Å². The molecule has 2 bridgehead atoms. The third kappa shape index (κ3) is 4.75. The van der Waals surface area contributed by atoms with Gasteiger partial charge in [-0.2, -0.15) is 0 Å². The molecule has 0 aromatic heterocycles. The molecule has 10 heteroatoms. The number of hydrogen-bond acceptors (Lipinski definition) is 7. The molecule has 9 nitrogen and oxygen atoms in total. The number of methoxy groups -OCH3 is 1. The van der Waals surface area contributed by atoms with Crippen LogP contribution in [0.1, 0.15) is 51.9 Å². The third-order valence-corrected chi connectivity index (χ3v) is 9.49. The monoisotopic (exact) mass is 532 g/mol. The number of benzene rings is 1. The fourth-order valence-corrected chi connectivity index (χ4v) is 7.52. The Labute approximate surface area is 225 Å². The van der Waals surface area contributed by atoms with Gasteiger partial charge in [0, 0.05) is 45.2 Å². The van der Waals surface area contributed by atoms with E-state index in [2.05, 4.69) is 10.2 Å². The van der Waals surface area contributed by atoms with E-state index in [4.69, 9.17) is 14.2 Å². The fraction of sp³-hybridized carbons (Fsp3) is 0.714. The van der Waals surface area contributed by atoms with Gasteiger partial charge in [-0.1, -0.05) is 0 Å². The summed E-state index contributed by atoms with van der Waals surface area (Å²) in [5.74, 6) is -0.262. The van der Waals surface area contributed by atoms with Crippen LogP contribution in [0.4, 0.5) is 19.7 Å². The topological polar surface area (TPSA) is 83.6 Å². The molecule has 4 saturated heterocycles. The second-order valence-electron chi connectivity index (χ2n) is 11.6. The predicted molar refractivity (Wildman–Crippen MR) is 141 cm³/mol. The van der Waals surface area contributed by atoms with Crippen LogP contribution in [-0.2, 0) is 19.6 Å². The van der Waals surface area contributed by atoms with E-state index in [1.165, 1.54) is 6.07 Å². The summed E-state index contributed by atoms with van der Waals surface area (Å²) in [6, 6.07) is 5.68. The molecule has 0 aliphatic carbocycles. The lowest BCUT2D eigenvalue weighted by Crippen LogP contribution is -2.55. The number of carbonyl (C=O) groups excluding carboxylic acids is 2. The molecule has 1 N–H and O–H groups in total. The highest BCUT2D eigenvalue weighted by Gasteiger charge is 2.50. The van der Waals surface area contributed by atoms with Crippen molar-refractivity contribution in [3.05, 3.63) is 29.6 Å². The molecule has 0 radical (unpaired) electrons. The number of nitrogens with zero attached hydrogens (tertiary/aromatic N) is 3. The van der Waals surface area contributed by atoms with Crippen LogP contribution in [0.3, 0.4) is 0 Å². The zero-order valence-corrected chi connectivity index (χ0v) is 22.2. The average Bonchev–Trinajstić information content (AvgIpc) is 3.60. The van der Waals surface area contributed by atoms with E-state index in [0.717, 1.165) is 75.8 Å². The van der Waals surface area contributed by atoms with Crippen LogP contribution in [0.2, 0.25) is 0 Å². The normalized spacial score (nSPS) is 30.1. The first-order valence-corrected chi connectivity index (χ1v) is 14.1. The minimum atomic E-state index is -0.327. The first kappa shape index (κ1) is 25.8. The van der Waals surface area contributed by atoms with Gasteiger partial charge in [0.25, 0.3) is 0 Å². The van der Waals surface area contributed by atoms with E-state index in [1.54, 1.807) is 24.1 Å². The van der Waals surface area contributed by atoms with Crippen molar-refractivity contribution < 1.29 is 29.6 Å². The summed E-state index contributed by atoms with van der Waals surface area (Å²) in [6.45, 7) is 4.56. The minimum Gasteiger partial charge on any atom is -0.447 e. The van der Waals surface area contributed by atoms with Crippen LogP contribution in [0.25, 0.3) is 0 Å². The Morgan fingerprint density at radius 2 is 1.84 bits per heavy atom. The van der Waals surface area contributed by atoms with Crippen LogP contribution >= 0.6 is 0 Å². The predicted octanol–water partition coefficient (Wildman–Crippen LogP) is 3.50. The number of rotatable bonds is 5. The van der Waals surface area contributed by atoms with Crippen LogP contribution in [0.15, 0.2) is 18.2 Å². The Balaban J connectivity index is 0.00000308. The number of nitrogens with one attached hydrogen (secondary N) is 1. The van der Waals surface area contributed by atoms with Gasteiger partial charge in [0.15, 0.2) is 0 Å². The molecule has 5 aliphatic rings. The lowest BCUT2D eigenvalue weighted by atomic mass is 9.73. The van der Waals surface area contributed by atoms with E-state index < -0.39 is 0 Å². The summed E-state index contributed by atoms with van der Waals surface area (Å²) in [5, 5.41) is 3.23. The first-order valence-electron chi connectivity index (χ1n) is 14.1. The molecule has 2 amide bonds. The molecule has 6 rings (SSSR count). The molecular weight excluding hydrogens is 491 g/mol. The van der Waals surface area contributed by atoms with Gasteiger partial charge >= 0.3 is 12.2 Å². The SMILES string of the molecule is COCCOC(=O)N1C2CCC1CC(N1CCC3(CC1)CN(C(=O)O[C@@H]1CCNC1)c1ccc(F)cc13)C2.[HH]. The van der Waals surface area contributed by atoms with Crippen molar-refractivity contribution in [2.24, 2.45) is 0 Å². The number of likely N-dealkylation sites (tertiary alicyclic amines) is 1. The van der Waals surface area contributed by atoms with Crippen molar-refractivity contribution in [3.63, 3.8) is 0 Å². The van der Waals surface area contributed by atoms with Gasteiger partial charge in [-0.15, -0.1) is 0 Å². The number of hydrogen-bond donors (Lipinski definition) is 1. The van der Waals surface area contributed by atoms with Gasteiger partial charge in [0.2, 0.25) is 0 Å². The van der Waals surface area contributed by atoms with Crippen LogP contribution in [0, 0.1) is 5.82 Å². The average molecular weight is 533 g/mol. The van der Waals surface area contributed by atoms with Crippen LogP contribution in [-0.4, -0.2) is 99.3 Å². The second-order valence-corrected chi connectivity index (χ2v) is 11.6. The smallest absolute Gasteiger partial charge is 0.414 e. The minimum absolute atomic E-state index is 0. The lowest BCUT2D eigenvalue weighted by molar-refractivity contribution is 0.0194. The number of anilines is 1. The quantitative estimate of drug-likeness (QED) is 0.581. The number of amides is 2. The fourth-order valence-electron chi connectivity index (χ4n) is 7.52. The van der Waals surface area contributed by atoms with Gasteiger partial charge < -0.3 is 29.3 Å². The number of carbonyl (C=O) groups is 2. The van der Waals surface area contributed by atoms with E-state index in [1.807, 2.05) is 4.90 Å². The van der Waals surface area contributed by atoms with Crippen molar-refractivity contribution in [1.29, 1.82) is 0 Å². The highest BCUT2D eigenvalue weighted by Crippen LogP contribution is 2.49. The maximum atomic E-state index is 14.4. The van der Waals surface area contributed by atoms with Gasteiger partial charge in [-0.3, -0.25) is 4.90 Å². The second kappa shape index (κ2) is 10.6. The third-order valence-electron chi connectivity index (χ3n) is 9.49. The largest absolute Gasteiger partial charge is 0.447 e. The van der Waals surface area contributed by atoms with Crippen molar-refractivity contribution in [2.75, 3.05) is 57.9 Å². The van der Waals surface area contributed by atoms with Crippen molar-refractivity contribution >= 4 is 17.9 Å².